The van der Waals surface area contributed by atoms with Crippen LogP contribution in [-0.2, 0) is 6.42 Å². The van der Waals surface area contributed by atoms with Crippen LogP contribution in [0.15, 0.2) is 54.0 Å². The van der Waals surface area contributed by atoms with Crippen molar-refractivity contribution in [1.29, 1.82) is 0 Å². The highest BCUT2D eigenvalue weighted by Gasteiger charge is 2.10. The van der Waals surface area contributed by atoms with Crippen molar-refractivity contribution in [3.63, 3.8) is 0 Å². The van der Waals surface area contributed by atoms with E-state index >= 15 is 0 Å². The van der Waals surface area contributed by atoms with Gasteiger partial charge in [0.25, 0.3) is 0 Å². The van der Waals surface area contributed by atoms with Crippen molar-refractivity contribution in [1.82, 2.24) is 15.2 Å². The average Bonchev–Trinajstić information content (AvgIpc) is 3.18. The van der Waals surface area contributed by atoms with E-state index in [-0.39, 0.29) is 0 Å². The van der Waals surface area contributed by atoms with Gasteiger partial charge in [-0.1, -0.05) is 35.9 Å². The Morgan fingerprint density at radius 1 is 1.14 bits per heavy atom. The quantitative estimate of drug-likeness (QED) is 0.580. The molecule has 22 heavy (non-hydrogen) atoms. The van der Waals surface area contributed by atoms with Gasteiger partial charge in [-0.3, -0.25) is 5.10 Å². The Morgan fingerprint density at radius 2 is 2.05 bits per heavy atom. The monoisotopic (exact) mass is 325 g/mol. The Morgan fingerprint density at radius 3 is 2.86 bits per heavy atom. The number of halogens is 1. The third kappa shape index (κ3) is 2.40. The first kappa shape index (κ1) is 13.5. The molecule has 0 radical (unpaired) electrons. The van der Waals surface area contributed by atoms with Gasteiger partial charge in [-0.2, -0.15) is 5.10 Å². The largest absolute Gasteiger partial charge is 0.281 e. The van der Waals surface area contributed by atoms with Crippen molar-refractivity contribution in [3.8, 4) is 11.1 Å². The topological polar surface area (TPSA) is 41.6 Å². The van der Waals surface area contributed by atoms with Crippen molar-refractivity contribution in [3.05, 3.63) is 69.8 Å². The SMILES string of the molecule is Clc1ccccc1-c1ccc2n[nH]c(Cc3nccs3)c2c1. The van der Waals surface area contributed by atoms with Gasteiger partial charge in [-0.15, -0.1) is 11.3 Å². The van der Waals surface area contributed by atoms with Gasteiger partial charge in [0, 0.05) is 39.7 Å². The molecule has 3 nitrogen and oxygen atoms in total. The number of nitrogens with one attached hydrogen (secondary N) is 1. The average molecular weight is 326 g/mol. The third-order valence-corrected chi connectivity index (χ3v) is 4.74. The molecule has 0 saturated heterocycles. The molecule has 2 aromatic carbocycles. The molecule has 0 fully saturated rings. The highest BCUT2D eigenvalue weighted by molar-refractivity contribution is 7.09. The van der Waals surface area contributed by atoms with Crippen molar-refractivity contribution >= 4 is 33.8 Å². The summed E-state index contributed by atoms with van der Waals surface area (Å²) in [4.78, 5) is 4.34. The lowest BCUT2D eigenvalue weighted by Crippen LogP contribution is -1.88. The molecule has 0 unspecified atom stereocenters. The van der Waals surface area contributed by atoms with Gasteiger partial charge in [0.15, 0.2) is 0 Å². The minimum atomic E-state index is 0.756. The van der Waals surface area contributed by atoms with Crippen LogP contribution in [0.5, 0.6) is 0 Å². The number of nitrogens with zero attached hydrogens (tertiary/aromatic N) is 2. The number of thiazole rings is 1. The highest BCUT2D eigenvalue weighted by Crippen LogP contribution is 2.31. The summed E-state index contributed by atoms with van der Waals surface area (Å²) < 4.78 is 0. The zero-order valence-electron chi connectivity index (χ0n) is 11.6. The van der Waals surface area contributed by atoms with E-state index in [0.717, 1.165) is 44.2 Å². The molecule has 1 N–H and O–H groups in total. The van der Waals surface area contributed by atoms with Crippen LogP contribution in [0.25, 0.3) is 22.0 Å². The molecule has 4 rings (SSSR count). The maximum absolute atomic E-state index is 6.31. The maximum atomic E-state index is 6.31. The first-order valence-corrected chi connectivity index (χ1v) is 8.17. The number of aromatic amines is 1. The van der Waals surface area contributed by atoms with E-state index < -0.39 is 0 Å². The molecular weight excluding hydrogens is 314 g/mol. The lowest BCUT2D eigenvalue weighted by atomic mass is 10.0. The number of fused-ring (bicyclic) bond motifs is 1. The predicted octanol–water partition coefficient (Wildman–Crippen LogP) is 4.93. The van der Waals surface area contributed by atoms with Crippen LogP contribution in [0.4, 0.5) is 0 Å². The number of benzene rings is 2. The van der Waals surface area contributed by atoms with Crippen molar-refractivity contribution in [2.24, 2.45) is 0 Å². The molecule has 0 bridgehead atoms. The van der Waals surface area contributed by atoms with E-state index in [9.17, 15) is 0 Å². The molecule has 0 amide bonds. The van der Waals surface area contributed by atoms with E-state index in [1.54, 1.807) is 11.3 Å². The summed E-state index contributed by atoms with van der Waals surface area (Å²) in [5, 5.41) is 12.4. The third-order valence-electron chi connectivity index (χ3n) is 3.63. The molecular formula is C17H12ClN3S. The van der Waals surface area contributed by atoms with Gasteiger partial charge < -0.3 is 0 Å². The number of hydrogen-bond acceptors (Lipinski definition) is 3. The Bertz CT molecular complexity index is 928. The minimum absolute atomic E-state index is 0.756. The fourth-order valence-corrected chi connectivity index (χ4v) is 3.43. The summed E-state index contributed by atoms with van der Waals surface area (Å²) in [7, 11) is 0. The number of H-pyrrole nitrogens is 1. The first-order chi connectivity index (χ1) is 10.8. The van der Waals surface area contributed by atoms with Gasteiger partial charge in [-0.25, -0.2) is 4.98 Å². The maximum Gasteiger partial charge on any atom is 0.0984 e. The number of aromatic nitrogens is 3. The first-order valence-electron chi connectivity index (χ1n) is 6.91. The molecule has 2 aromatic heterocycles. The Balaban J connectivity index is 1.81. The molecule has 0 aliphatic carbocycles. The normalized spacial score (nSPS) is 11.1. The van der Waals surface area contributed by atoms with Gasteiger partial charge >= 0.3 is 0 Å². The van der Waals surface area contributed by atoms with Gasteiger partial charge in [0.05, 0.1) is 10.5 Å². The lowest BCUT2D eigenvalue weighted by molar-refractivity contribution is 1.00. The fraction of sp³-hybridized carbons (Fsp3) is 0.0588. The van der Waals surface area contributed by atoms with Crippen LogP contribution in [0.3, 0.4) is 0 Å². The van der Waals surface area contributed by atoms with Crippen molar-refractivity contribution < 1.29 is 0 Å². The van der Waals surface area contributed by atoms with Crippen LogP contribution >= 0.6 is 22.9 Å². The van der Waals surface area contributed by atoms with Crippen LogP contribution in [-0.4, -0.2) is 15.2 Å². The van der Waals surface area contributed by atoms with E-state index in [1.165, 1.54) is 0 Å². The summed E-state index contributed by atoms with van der Waals surface area (Å²) >= 11 is 7.96. The predicted molar refractivity (Wildman–Crippen MR) is 91.5 cm³/mol. The van der Waals surface area contributed by atoms with Crippen LogP contribution in [0, 0.1) is 0 Å². The second-order valence-electron chi connectivity index (χ2n) is 5.02. The van der Waals surface area contributed by atoms with Gasteiger partial charge in [-0.05, 0) is 23.8 Å². The van der Waals surface area contributed by atoms with Crippen LogP contribution in [0.1, 0.15) is 10.7 Å². The van der Waals surface area contributed by atoms with E-state index in [4.69, 9.17) is 11.6 Å². The van der Waals surface area contributed by atoms with Gasteiger partial charge in [0.2, 0.25) is 0 Å². The molecule has 108 valence electrons. The van der Waals surface area contributed by atoms with Crippen LogP contribution in [0.2, 0.25) is 5.02 Å². The van der Waals surface area contributed by atoms with Crippen LogP contribution < -0.4 is 0 Å². The summed E-state index contributed by atoms with van der Waals surface area (Å²) in [6, 6.07) is 14.1. The second kappa shape index (κ2) is 5.55. The second-order valence-corrected chi connectivity index (χ2v) is 6.40. The number of rotatable bonds is 3. The minimum Gasteiger partial charge on any atom is -0.281 e. The van der Waals surface area contributed by atoms with E-state index in [1.807, 2.05) is 41.9 Å². The summed E-state index contributed by atoms with van der Waals surface area (Å²) in [6.45, 7) is 0. The summed E-state index contributed by atoms with van der Waals surface area (Å²) in [5.41, 5.74) is 4.17. The zero-order chi connectivity index (χ0) is 14.9. The van der Waals surface area contributed by atoms with Gasteiger partial charge in [0.1, 0.15) is 0 Å². The van der Waals surface area contributed by atoms with Crippen molar-refractivity contribution in [2.75, 3.05) is 0 Å². The fourth-order valence-electron chi connectivity index (χ4n) is 2.55. The molecule has 0 aliphatic heterocycles. The van der Waals surface area contributed by atoms with Crippen molar-refractivity contribution in [2.45, 2.75) is 6.42 Å². The Hall–Kier alpha value is -2.17. The standard InChI is InChI=1S/C17H12ClN3S/c18-14-4-2-1-3-12(14)11-5-6-15-13(9-11)16(21-20-15)10-17-19-7-8-22-17/h1-9H,10H2,(H,20,21). The smallest absolute Gasteiger partial charge is 0.0984 e. The molecule has 0 saturated carbocycles. The van der Waals surface area contributed by atoms with E-state index in [2.05, 4.69) is 27.3 Å². The molecule has 5 heteroatoms. The molecule has 0 atom stereocenters. The number of hydrogen-bond donors (Lipinski definition) is 1. The molecule has 0 aliphatic rings. The Kier molecular flexibility index (Phi) is 3.41. The summed E-state index contributed by atoms with van der Waals surface area (Å²) in [6.07, 6.45) is 2.59. The molecule has 2 heterocycles. The lowest BCUT2D eigenvalue weighted by Gasteiger charge is -2.04. The molecule has 4 aromatic rings. The molecule has 0 spiro atoms. The summed E-state index contributed by atoms with van der Waals surface area (Å²) in [5.74, 6) is 0. The van der Waals surface area contributed by atoms with E-state index in [0.29, 0.717) is 0 Å². The zero-order valence-corrected chi connectivity index (χ0v) is 13.2. The highest BCUT2D eigenvalue weighted by atomic mass is 35.5. The Labute approximate surface area is 136 Å².